The number of nitrogens with one attached hydrogen (secondary N) is 2. The maximum Gasteiger partial charge on any atom is 0.226 e. The average Bonchev–Trinajstić information content (AvgIpc) is 2.58. The lowest BCUT2D eigenvalue weighted by molar-refractivity contribution is -0.116. The fraction of sp³-hybridized carbons (Fsp3) is 0.350. The molecule has 0 aromatic heterocycles. The first-order chi connectivity index (χ1) is 12.1. The topological polar surface area (TPSA) is 59.6 Å². The predicted molar refractivity (Wildman–Crippen MR) is 102 cm³/mol. The summed E-state index contributed by atoms with van der Waals surface area (Å²) in [6, 6.07) is 15.2. The molecule has 0 saturated heterocycles. The third-order valence-electron chi connectivity index (χ3n) is 3.38. The molecule has 134 valence electrons. The number of amides is 1. The third-order valence-corrected chi connectivity index (χ3v) is 3.38. The number of anilines is 2. The zero-order chi connectivity index (χ0) is 18.1. The molecule has 2 aromatic rings. The zero-order valence-corrected chi connectivity index (χ0v) is 15.0. The van der Waals surface area contributed by atoms with E-state index < -0.39 is 0 Å². The van der Waals surface area contributed by atoms with Crippen molar-refractivity contribution in [2.24, 2.45) is 0 Å². The SMILES string of the molecule is CCOc1ccccc1NC(=O)CCNc1ccccc1OC(C)C. The molecule has 0 unspecified atom stereocenters. The largest absolute Gasteiger partial charge is 0.492 e. The molecule has 0 aliphatic carbocycles. The average molecular weight is 342 g/mol. The molecular weight excluding hydrogens is 316 g/mol. The van der Waals surface area contributed by atoms with Crippen molar-refractivity contribution in [2.45, 2.75) is 33.3 Å². The van der Waals surface area contributed by atoms with Crippen molar-refractivity contribution in [1.82, 2.24) is 0 Å². The minimum atomic E-state index is -0.0677. The Hall–Kier alpha value is -2.69. The lowest BCUT2D eigenvalue weighted by Gasteiger charge is -2.15. The molecule has 2 N–H and O–H groups in total. The zero-order valence-electron chi connectivity index (χ0n) is 15.0. The highest BCUT2D eigenvalue weighted by Crippen LogP contribution is 2.25. The van der Waals surface area contributed by atoms with Crippen LogP contribution in [0.3, 0.4) is 0 Å². The summed E-state index contributed by atoms with van der Waals surface area (Å²) >= 11 is 0. The van der Waals surface area contributed by atoms with Crippen molar-refractivity contribution in [3.8, 4) is 11.5 Å². The molecule has 1 amide bonds. The van der Waals surface area contributed by atoms with Gasteiger partial charge in [0.05, 0.1) is 24.1 Å². The molecule has 0 atom stereocenters. The molecule has 25 heavy (non-hydrogen) atoms. The Morgan fingerprint density at radius 2 is 1.64 bits per heavy atom. The first-order valence-electron chi connectivity index (χ1n) is 8.61. The van der Waals surface area contributed by atoms with Crippen LogP contribution in [-0.2, 0) is 4.79 Å². The first kappa shape index (κ1) is 18.6. The fourth-order valence-electron chi connectivity index (χ4n) is 2.34. The summed E-state index contributed by atoms with van der Waals surface area (Å²) < 4.78 is 11.3. The van der Waals surface area contributed by atoms with Gasteiger partial charge in [0.25, 0.3) is 0 Å². The maximum atomic E-state index is 12.2. The van der Waals surface area contributed by atoms with Crippen molar-refractivity contribution in [1.29, 1.82) is 0 Å². The van der Waals surface area contributed by atoms with E-state index in [9.17, 15) is 4.79 Å². The molecule has 0 aliphatic rings. The number of ether oxygens (including phenoxy) is 2. The van der Waals surface area contributed by atoms with Gasteiger partial charge in [-0.25, -0.2) is 0 Å². The molecule has 0 fully saturated rings. The van der Waals surface area contributed by atoms with E-state index in [2.05, 4.69) is 10.6 Å². The van der Waals surface area contributed by atoms with E-state index in [-0.39, 0.29) is 12.0 Å². The Bertz CT molecular complexity index is 686. The van der Waals surface area contributed by atoms with Crippen molar-refractivity contribution in [3.05, 3.63) is 48.5 Å². The van der Waals surface area contributed by atoms with E-state index in [0.29, 0.717) is 31.0 Å². The van der Waals surface area contributed by atoms with Crippen LogP contribution in [-0.4, -0.2) is 25.2 Å². The summed E-state index contributed by atoms with van der Waals surface area (Å²) in [4.78, 5) is 12.2. The van der Waals surface area contributed by atoms with Crippen LogP contribution < -0.4 is 20.1 Å². The van der Waals surface area contributed by atoms with Gasteiger partial charge in [0.1, 0.15) is 11.5 Å². The molecular formula is C20H26N2O3. The molecule has 0 saturated carbocycles. The van der Waals surface area contributed by atoms with Crippen molar-refractivity contribution in [2.75, 3.05) is 23.8 Å². The van der Waals surface area contributed by atoms with Crippen LogP contribution >= 0.6 is 0 Å². The molecule has 2 aromatic carbocycles. The van der Waals surface area contributed by atoms with E-state index >= 15 is 0 Å². The number of hydrogen-bond acceptors (Lipinski definition) is 4. The minimum absolute atomic E-state index is 0.0677. The van der Waals surface area contributed by atoms with Gasteiger partial charge in [0.15, 0.2) is 0 Å². The van der Waals surface area contributed by atoms with E-state index in [1.807, 2.05) is 69.3 Å². The number of hydrogen-bond donors (Lipinski definition) is 2. The van der Waals surface area contributed by atoms with Gasteiger partial charge in [0.2, 0.25) is 5.91 Å². The van der Waals surface area contributed by atoms with Gasteiger partial charge in [-0.15, -0.1) is 0 Å². The maximum absolute atomic E-state index is 12.2. The highest BCUT2D eigenvalue weighted by atomic mass is 16.5. The lowest BCUT2D eigenvalue weighted by atomic mass is 10.2. The second-order valence-electron chi connectivity index (χ2n) is 5.82. The Morgan fingerprint density at radius 1 is 1.00 bits per heavy atom. The van der Waals surface area contributed by atoms with Crippen LogP contribution in [0.4, 0.5) is 11.4 Å². The summed E-state index contributed by atoms with van der Waals surface area (Å²) in [7, 11) is 0. The van der Waals surface area contributed by atoms with Crippen LogP contribution in [0.2, 0.25) is 0 Å². The Labute approximate surface area is 149 Å². The Morgan fingerprint density at radius 3 is 2.32 bits per heavy atom. The van der Waals surface area contributed by atoms with Crippen LogP contribution in [0.5, 0.6) is 11.5 Å². The number of benzene rings is 2. The van der Waals surface area contributed by atoms with Gasteiger partial charge in [-0.05, 0) is 45.0 Å². The van der Waals surface area contributed by atoms with Gasteiger partial charge in [-0.2, -0.15) is 0 Å². The summed E-state index contributed by atoms with van der Waals surface area (Å²) in [6.07, 6.45) is 0.442. The second-order valence-corrected chi connectivity index (χ2v) is 5.82. The van der Waals surface area contributed by atoms with Gasteiger partial charge in [-0.1, -0.05) is 24.3 Å². The molecule has 5 heteroatoms. The second kappa shape index (κ2) is 9.57. The molecule has 0 spiro atoms. The van der Waals surface area contributed by atoms with Crippen molar-refractivity contribution in [3.63, 3.8) is 0 Å². The van der Waals surface area contributed by atoms with E-state index in [4.69, 9.17) is 9.47 Å². The van der Waals surface area contributed by atoms with Crippen molar-refractivity contribution < 1.29 is 14.3 Å². The number of para-hydroxylation sites is 4. The molecule has 0 aliphatic heterocycles. The van der Waals surface area contributed by atoms with E-state index in [0.717, 1.165) is 11.4 Å². The standard InChI is InChI=1S/C20H26N2O3/c1-4-24-18-11-7-6-10-17(18)22-20(23)13-14-21-16-9-5-8-12-19(16)25-15(2)3/h5-12,15,21H,4,13-14H2,1-3H3,(H,22,23). The molecule has 0 radical (unpaired) electrons. The summed E-state index contributed by atoms with van der Waals surface area (Å²) in [6.45, 7) is 6.96. The van der Waals surface area contributed by atoms with Gasteiger partial charge >= 0.3 is 0 Å². The summed E-state index contributed by atoms with van der Waals surface area (Å²) in [5.74, 6) is 1.41. The Balaban J connectivity index is 1.87. The quantitative estimate of drug-likeness (QED) is 0.713. The third kappa shape index (κ3) is 6.03. The van der Waals surface area contributed by atoms with Crippen molar-refractivity contribution >= 4 is 17.3 Å². The number of rotatable bonds is 9. The fourth-order valence-corrected chi connectivity index (χ4v) is 2.34. The predicted octanol–water partition coefficient (Wildman–Crippen LogP) is 4.31. The highest BCUT2D eigenvalue weighted by molar-refractivity contribution is 5.92. The summed E-state index contributed by atoms with van der Waals surface area (Å²) in [5, 5.41) is 6.15. The molecule has 0 heterocycles. The minimum Gasteiger partial charge on any atom is -0.492 e. The van der Waals surface area contributed by atoms with Gasteiger partial charge in [0, 0.05) is 13.0 Å². The van der Waals surface area contributed by atoms with Crippen LogP contribution in [0.15, 0.2) is 48.5 Å². The molecule has 5 nitrogen and oxygen atoms in total. The van der Waals surface area contributed by atoms with Crippen LogP contribution in [0, 0.1) is 0 Å². The smallest absolute Gasteiger partial charge is 0.226 e. The van der Waals surface area contributed by atoms with E-state index in [1.54, 1.807) is 0 Å². The van der Waals surface area contributed by atoms with Gasteiger partial charge in [-0.3, -0.25) is 4.79 Å². The van der Waals surface area contributed by atoms with Gasteiger partial charge < -0.3 is 20.1 Å². The monoisotopic (exact) mass is 342 g/mol. The Kier molecular flexibility index (Phi) is 7.14. The normalized spacial score (nSPS) is 10.4. The van der Waals surface area contributed by atoms with Crippen LogP contribution in [0.25, 0.3) is 0 Å². The van der Waals surface area contributed by atoms with E-state index in [1.165, 1.54) is 0 Å². The molecule has 0 bridgehead atoms. The lowest BCUT2D eigenvalue weighted by Crippen LogP contribution is -2.17. The number of carbonyl (C=O) groups excluding carboxylic acids is 1. The number of carbonyl (C=O) groups is 1. The molecule has 2 rings (SSSR count). The summed E-state index contributed by atoms with van der Waals surface area (Å²) in [5.41, 5.74) is 1.58. The first-order valence-corrected chi connectivity index (χ1v) is 8.61. The highest BCUT2D eigenvalue weighted by Gasteiger charge is 2.08. The van der Waals surface area contributed by atoms with Crippen LogP contribution in [0.1, 0.15) is 27.2 Å².